The van der Waals surface area contributed by atoms with Gasteiger partial charge in [-0.2, -0.15) is 4.52 Å². The van der Waals surface area contributed by atoms with Gasteiger partial charge in [-0.1, -0.05) is 45.4 Å². The number of sulfone groups is 1. The molecule has 0 bridgehead atoms. The molecule has 0 N–H and O–H groups in total. The highest BCUT2D eigenvalue weighted by Gasteiger charge is 2.29. The van der Waals surface area contributed by atoms with Crippen LogP contribution in [0.5, 0.6) is 0 Å². The number of para-hydroxylation sites is 1. The number of anilines is 2. The average Bonchev–Trinajstić information content (AvgIpc) is 3.35. The first kappa shape index (κ1) is 23.9. The van der Waals surface area contributed by atoms with Crippen LogP contribution in [0.1, 0.15) is 11.1 Å². The van der Waals surface area contributed by atoms with Crippen molar-refractivity contribution in [3.8, 4) is 0 Å². The summed E-state index contributed by atoms with van der Waals surface area (Å²) in [4.78, 5) is 9.67. The Morgan fingerprint density at radius 1 is 0.865 bits per heavy atom. The van der Waals surface area contributed by atoms with Gasteiger partial charge >= 0.3 is 0 Å². The van der Waals surface area contributed by atoms with Gasteiger partial charge in [-0.3, -0.25) is 0 Å². The maximum absolute atomic E-state index is 13.5. The molecule has 0 radical (unpaired) electrons. The predicted octanol–water partition coefficient (Wildman–Crippen LogP) is 4.82. The lowest BCUT2D eigenvalue weighted by Gasteiger charge is -2.38. The summed E-state index contributed by atoms with van der Waals surface area (Å²) in [7, 11) is -3.91. The molecule has 0 atom stereocenters. The van der Waals surface area contributed by atoms with Gasteiger partial charge in [-0.05, 0) is 67.4 Å². The van der Waals surface area contributed by atoms with Crippen LogP contribution in [0.3, 0.4) is 0 Å². The first-order valence-corrected chi connectivity index (χ1v) is 14.3. The zero-order valence-electron chi connectivity index (χ0n) is 20.5. The summed E-state index contributed by atoms with van der Waals surface area (Å²) in [5.74, 6) is 0.748. The largest absolute Gasteiger partial charge is 0.368 e. The number of nitrogens with zero attached hydrogens (tertiary/aromatic N) is 6. The molecular formula is C27H25BrN6O2S. The van der Waals surface area contributed by atoms with Crippen molar-refractivity contribution in [2.45, 2.75) is 23.8 Å². The Labute approximate surface area is 223 Å². The number of halogens is 1. The topological polar surface area (TPSA) is 83.7 Å². The number of rotatable bonds is 4. The first-order chi connectivity index (χ1) is 17.8. The Bertz CT molecular complexity index is 1740. The molecule has 37 heavy (non-hydrogen) atoms. The van der Waals surface area contributed by atoms with E-state index >= 15 is 0 Å². The molecule has 2 aromatic heterocycles. The number of benzene rings is 3. The third kappa shape index (κ3) is 4.14. The van der Waals surface area contributed by atoms with Crippen LogP contribution < -0.4 is 9.80 Å². The van der Waals surface area contributed by atoms with E-state index in [9.17, 15) is 8.42 Å². The highest BCUT2D eigenvalue weighted by molar-refractivity contribution is 9.10. The predicted molar refractivity (Wildman–Crippen MR) is 148 cm³/mol. The standard InChI is InChI=1S/C27H25BrN6O2S/c1-18-7-8-19(2)24(17-18)32-13-15-33(16-14-32)25-22-5-3-4-6-23(22)34-26(29-25)27(30-31-34)37(35,36)21-11-9-20(28)10-12-21/h3-12,17H,13-16H2,1-2H3. The van der Waals surface area contributed by atoms with Crippen molar-refractivity contribution in [2.24, 2.45) is 0 Å². The molecule has 6 rings (SSSR count). The third-order valence-electron chi connectivity index (χ3n) is 6.86. The number of hydrogen-bond donors (Lipinski definition) is 0. The van der Waals surface area contributed by atoms with Crippen molar-refractivity contribution >= 4 is 53.8 Å². The van der Waals surface area contributed by atoms with Crippen LogP contribution in [0.4, 0.5) is 11.5 Å². The average molecular weight is 578 g/mol. The van der Waals surface area contributed by atoms with Crippen LogP contribution in [0, 0.1) is 13.8 Å². The highest BCUT2D eigenvalue weighted by Crippen LogP contribution is 2.31. The molecular weight excluding hydrogens is 552 g/mol. The normalized spacial score (nSPS) is 14.6. The molecule has 1 fully saturated rings. The van der Waals surface area contributed by atoms with Gasteiger partial charge in [-0.25, -0.2) is 13.4 Å². The zero-order valence-corrected chi connectivity index (χ0v) is 22.9. The molecule has 0 aliphatic carbocycles. The van der Waals surface area contributed by atoms with Gasteiger partial charge in [0.2, 0.25) is 14.9 Å². The Hall–Kier alpha value is -3.50. The van der Waals surface area contributed by atoms with E-state index in [-0.39, 0.29) is 15.6 Å². The molecule has 1 saturated heterocycles. The molecule has 0 spiro atoms. The van der Waals surface area contributed by atoms with Crippen LogP contribution in [-0.4, -0.2) is 54.4 Å². The van der Waals surface area contributed by atoms with Gasteiger partial charge in [-0.15, -0.1) is 5.10 Å². The van der Waals surface area contributed by atoms with Crippen LogP contribution in [0.15, 0.2) is 81.1 Å². The van der Waals surface area contributed by atoms with Crippen LogP contribution in [-0.2, 0) is 9.84 Å². The lowest BCUT2D eigenvalue weighted by Crippen LogP contribution is -2.47. The second kappa shape index (κ2) is 9.11. The Morgan fingerprint density at radius 2 is 1.57 bits per heavy atom. The highest BCUT2D eigenvalue weighted by atomic mass is 79.9. The van der Waals surface area contributed by atoms with Gasteiger partial charge in [0.05, 0.1) is 10.4 Å². The quantitative estimate of drug-likeness (QED) is 0.303. The van der Waals surface area contributed by atoms with E-state index in [0.29, 0.717) is 0 Å². The molecule has 0 amide bonds. The summed E-state index contributed by atoms with van der Waals surface area (Å²) >= 11 is 3.36. The van der Waals surface area contributed by atoms with E-state index < -0.39 is 9.84 Å². The summed E-state index contributed by atoms with van der Waals surface area (Å²) in [6.45, 7) is 7.46. The van der Waals surface area contributed by atoms with E-state index in [0.717, 1.165) is 47.4 Å². The fourth-order valence-corrected chi connectivity index (χ4v) is 6.39. The monoisotopic (exact) mass is 576 g/mol. The van der Waals surface area contributed by atoms with E-state index in [1.807, 2.05) is 24.3 Å². The Balaban J connectivity index is 1.42. The van der Waals surface area contributed by atoms with Gasteiger partial charge in [0, 0.05) is 41.7 Å². The van der Waals surface area contributed by atoms with Crippen molar-refractivity contribution in [2.75, 3.05) is 36.0 Å². The van der Waals surface area contributed by atoms with Crippen molar-refractivity contribution in [1.82, 2.24) is 19.8 Å². The van der Waals surface area contributed by atoms with E-state index in [1.54, 1.807) is 24.3 Å². The lowest BCUT2D eigenvalue weighted by atomic mass is 10.1. The molecule has 5 aromatic rings. The summed E-state index contributed by atoms with van der Waals surface area (Å²) in [5, 5.41) is 9.06. The van der Waals surface area contributed by atoms with Gasteiger partial charge in [0.1, 0.15) is 5.82 Å². The summed E-state index contributed by atoms with van der Waals surface area (Å²) in [6, 6.07) is 20.8. The van der Waals surface area contributed by atoms with Crippen LogP contribution >= 0.6 is 15.9 Å². The minimum Gasteiger partial charge on any atom is -0.368 e. The first-order valence-electron chi connectivity index (χ1n) is 12.0. The van der Waals surface area contributed by atoms with Crippen molar-refractivity contribution in [3.63, 3.8) is 0 Å². The second-order valence-electron chi connectivity index (χ2n) is 9.30. The minimum absolute atomic E-state index is 0.143. The molecule has 188 valence electrons. The lowest BCUT2D eigenvalue weighted by molar-refractivity contribution is 0.592. The van der Waals surface area contributed by atoms with Crippen LogP contribution in [0.25, 0.3) is 16.6 Å². The van der Waals surface area contributed by atoms with Gasteiger partial charge in [0.15, 0.2) is 5.65 Å². The smallest absolute Gasteiger partial charge is 0.229 e. The SMILES string of the molecule is Cc1ccc(C)c(N2CCN(c3nc4c(S(=O)(=O)c5ccc(Br)cc5)nnn4c4ccccc34)CC2)c1. The molecule has 0 unspecified atom stereocenters. The summed E-state index contributed by atoms with van der Waals surface area (Å²) in [5.41, 5.74) is 4.76. The molecule has 1 aliphatic rings. The second-order valence-corrected chi connectivity index (χ2v) is 12.1. The number of hydrogen-bond acceptors (Lipinski definition) is 7. The van der Waals surface area contributed by atoms with Gasteiger partial charge < -0.3 is 9.80 Å². The van der Waals surface area contributed by atoms with Crippen molar-refractivity contribution in [1.29, 1.82) is 0 Å². The molecule has 3 heterocycles. The zero-order chi connectivity index (χ0) is 25.7. The number of aromatic nitrogens is 4. The molecule has 1 aliphatic heterocycles. The number of fused-ring (bicyclic) bond motifs is 3. The van der Waals surface area contributed by atoms with Crippen LogP contribution in [0.2, 0.25) is 0 Å². The fourth-order valence-electron chi connectivity index (χ4n) is 4.89. The summed E-state index contributed by atoms with van der Waals surface area (Å²) < 4.78 is 29.3. The molecule has 10 heteroatoms. The number of aryl methyl sites for hydroxylation is 2. The molecule has 3 aromatic carbocycles. The summed E-state index contributed by atoms with van der Waals surface area (Å²) in [6.07, 6.45) is 0. The maximum atomic E-state index is 13.5. The minimum atomic E-state index is -3.91. The molecule has 0 saturated carbocycles. The maximum Gasteiger partial charge on any atom is 0.229 e. The van der Waals surface area contributed by atoms with Crippen molar-refractivity contribution < 1.29 is 8.42 Å². The van der Waals surface area contributed by atoms with E-state index in [1.165, 1.54) is 21.3 Å². The third-order valence-corrected chi connectivity index (χ3v) is 9.06. The molecule has 8 nitrogen and oxygen atoms in total. The van der Waals surface area contributed by atoms with E-state index in [4.69, 9.17) is 4.98 Å². The fraction of sp³-hybridized carbons (Fsp3) is 0.222. The van der Waals surface area contributed by atoms with Gasteiger partial charge in [0.25, 0.3) is 0 Å². The Kier molecular flexibility index (Phi) is 5.88. The Morgan fingerprint density at radius 3 is 2.32 bits per heavy atom. The van der Waals surface area contributed by atoms with Crippen molar-refractivity contribution in [3.05, 3.63) is 82.3 Å². The number of piperazine rings is 1. The van der Waals surface area contributed by atoms with E-state index in [2.05, 4.69) is 68.1 Å².